The lowest BCUT2D eigenvalue weighted by Crippen LogP contribution is -2.52. The molecule has 38 heavy (non-hydrogen) atoms. The van der Waals surface area contributed by atoms with Crippen molar-refractivity contribution in [2.24, 2.45) is 0 Å². The number of likely N-dealkylation sites (tertiary alicyclic amines) is 1. The first-order valence-corrected chi connectivity index (χ1v) is 13.0. The third-order valence-electron chi connectivity index (χ3n) is 6.59. The van der Waals surface area contributed by atoms with Crippen LogP contribution in [0.2, 0.25) is 0 Å². The van der Waals surface area contributed by atoms with E-state index in [4.69, 9.17) is 9.47 Å². The molecule has 3 rings (SSSR count). The number of amides is 4. The van der Waals surface area contributed by atoms with Crippen molar-refractivity contribution in [3.63, 3.8) is 0 Å². The lowest BCUT2D eigenvalue weighted by Gasteiger charge is -2.26. The topological polar surface area (TPSA) is 143 Å². The summed E-state index contributed by atoms with van der Waals surface area (Å²) in [7, 11) is 1.21. The molecule has 3 atom stereocenters. The van der Waals surface area contributed by atoms with Crippen LogP contribution >= 0.6 is 0 Å². The quantitative estimate of drug-likeness (QED) is 0.413. The summed E-state index contributed by atoms with van der Waals surface area (Å²) >= 11 is 0. The summed E-state index contributed by atoms with van der Waals surface area (Å²) in [4.78, 5) is 64.0. The van der Waals surface area contributed by atoms with E-state index >= 15 is 0 Å². The number of nitrogens with zero attached hydrogens (tertiary/aromatic N) is 1. The highest BCUT2D eigenvalue weighted by atomic mass is 16.6. The predicted molar refractivity (Wildman–Crippen MR) is 138 cm³/mol. The average Bonchev–Trinajstić information content (AvgIpc) is 3.51. The number of esters is 1. The SMILES string of the molecule is COC(=O)[C@H](CCC(=O)N[C@@H]1CCc2ccccc21)NC(=O)[C@@H]1CCCN1C(=O)CNC(=O)OC(C)(C)C. The number of ether oxygens (including phenoxy) is 2. The molecule has 208 valence electrons. The van der Waals surface area contributed by atoms with E-state index in [2.05, 4.69) is 22.0 Å². The Balaban J connectivity index is 1.52. The zero-order valence-corrected chi connectivity index (χ0v) is 22.5. The second-order valence-corrected chi connectivity index (χ2v) is 10.6. The van der Waals surface area contributed by atoms with Gasteiger partial charge in [0, 0.05) is 13.0 Å². The van der Waals surface area contributed by atoms with E-state index in [1.807, 2.05) is 18.2 Å². The summed E-state index contributed by atoms with van der Waals surface area (Å²) in [6.45, 7) is 5.17. The van der Waals surface area contributed by atoms with Crippen molar-refractivity contribution >= 4 is 29.8 Å². The van der Waals surface area contributed by atoms with E-state index in [0.29, 0.717) is 19.4 Å². The number of hydrogen-bond donors (Lipinski definition) is 3. The normalized spacial score (nSPS) is 19.2. The number of alkyl carbamates (subject to hydrolysis) is 1. The van der Waals surface area contributed by atoms with Crippen molar-refractivity contribution in [2.75, 3.05) is 20.2 Å². The Morgan fingerprint density at radius 2 is 1.84 bits per heavy atom. The highest BCUT2D eigenvalue weighted by Gasteiger charge is 2.36. The van der Waals surface area contributed by atoms with Crippen LogP contribution in [0.25, 0.3) is 0 Å². The zero-order chi connectivity index (χ0) is 27.9. The van der Waals surface area contributed by atoms with Crippen LogP contribution in [0.5, 0.6) is 0 Å². The van der Waals surface area contributed by atoms with Crippen LogP contribution in [0.3, 0.4) is 0 Å². The highest BCUT2D eigenvalue weighted by Crippen LogP contribution is 2.30. The summed E-state index contributed by atoms with van der Waals surface area (Å²) in [5, 5.41) is 8.08. The van der Waals surface area contributed by atoms with Gasteiger partial charge in [0.1, 0.15) is 24.2 Å². The molecule has 1 aromatic carbocycles. The second-order valence-electron chi connectivity index (χ2n) is 10.6. The molecule has 0 spiro atoms. The van der Waals surface area contributed by atoms with Gasteiger partial charge < -0.3 is 30.3 Å². The van der Waals surface area contributed by atoms with Gasteiger partial charge in [-0.1, -0.05) is 24.3 Å². The summed E-state index contributed by atoms with van der Waals surface area (Å²) in [5.74, 6) is -1.83. The average molecular weight is 531 g/mol. The van der Waals surface area contributed by atoms with E-state index in [1.165, 1.54) is 17.6 Å². The Labute approximate surface area is 223 Å². The number of carbonyl (C=O) groups excluding carboxylic acids is 5. The molecular formula is C27H38N4O7. The van der Waals surface area contributed by atoms with Crippen LogP contribution < -0.4 is 16.0 Å². The Kier molecular flexibility index (Phi) is 9.71. The Morgan fingerprint density at radius 1 is 1.11 bits per heavy atom. The molecule has 0 aromatic heterocycles. The fourth-order valence-electron chi connectivity index (χ4n) is 4.81. The molecule has 0 radical (unpaired) electrons. The van der Waals surface area contributed by atoms with Gasteiger partial charge in [0.25, 0.3) is 0 Å². The number of nitrogens with one attached hydrogen (secondary N) is 3. The van der Waals surface area contributed by atoms with Crippen molar-refractivity contribution < 1.29 is 33.4 Å². The maximum atomic E-state index is 13.1. The number of methoxy groups -OCH3 is 1. The predicted octanol–water partition coefficient (Wildman–Crippen LogP) is 1.74. The van der Waals surface area contributed by atoms with E-state index in [1.54, 1.807) is 20.8 Å². The Hall–Kier alpha value is -3.63. The Bertz CT molecular complexity index is 1050. The van der Waals surface area contributed by atoms with Crippen molar-refractivity contribution in [3.8, 4) is 0 Å². The third-order valence-corrected chi connectivity index (χ3v) is 6.59. The highest BCUT2D eigenvalue weighted by molar-refractivity contribution is 5.92. The minimum Gasteiger partial charge on any atom is -0.467 e. The number of fused-ring (bicyclic) bond motifs is 1. The second kappa shape index (κ2) is 12.7. The van der Waals surface area contributed by atoms with Crippen LogP contribution in [0.15, 0.2) is 24.3 Å². The standard InChI is InChI=1S/C27H38N4O7/c1-27(2,3)38-26(36)28-16-23(33)31-15-7-10-21(31)24(34)30-20(25(35)37-4)13-14-22(32)29-19-12-11-17-8-5-6-9-18(17)19/h5-6,8-9,19-21H,7,10-16H2,1-4H3,(H,28,36)(H,29,32)(H,30,34)/t19-,20+,21+/m1/s1. The van der Waals surface area contributed by atoms with E-state index in [-0.39, 0.29) is 31.3 Å². The maximum absolute atomic E-state index is 13.1. The first kappa shape index (κ1) is 28.9. The molecule has 1 heterocycles. The summed E-state index contributed by atoms with van der Waals surface area (Å²) in [5.41, 5.74) is 1.62. The van der Waals surface area contributed by atoms with Gasteiger partial charge in [-0.25, -0.2) is 9.59 Å². The first-order chi connectivity index (χ1) is 18.0. The largest absolute Gasteiger partial charge is 0.467 e. The van der Waals surface area contributed by atoms with Gasteiger partial charge >= 0.3 is 12.1 Å². The number of aryl methyl sites for hydroxylation is 1. The van der Waals surface area contributed by atoms with E-state index < -0.39 is 41.6 Å². The van der Waals surface area contributed by atoms with Crippen molar-refractivity contribution in [2.45, 2.75) is 83.0 Å². The fraction of sp³-hybridized carbons (Fsp3) is 0.593. The smallest absolute Gasteiger partial charge is 0.408 e. The minimum absolute atomic E-state index is 0.0197. The Morgan fingerprint density at radius 3 is 2.55 bits per heavy atom. The zero-order valence-electron chi connectivity index (χ0n) is 22.5. The molecule has 4 amide bonds. The van der Waals surface area contributed by atoms with Crippen molar-refractivity contribution in [1.29, 1.82) is 0 Å². The van der Waals surface area contributed by atoms with Crippen LogP contribution in [0.1, 0.15) is 70.0 Å². The molecule has 11 heteroatoms. The summed E-state index contributed by atoms with van der Waals surface area (Å²) in [6.07, 6.45) is 2.08. The molecule has 11 nitrogen and oxygen atoms in total. The lowest BCUT2D eigenvalue weighted by molar-refractivity contribution is -0.146. The monoisotopic (exact) mass is 530 g/mol. The number of rotatable bonds is 9. The van der Waals surface area contributed by atoms with Crippen molar-refractivity contribution in [3.05, 3.63) is 35.4 Å². The molecule has 0 unspecified atom stereocenters. The number of benzene rings is 1. The van der Waals surface area contributed by atoms with Gasteiger partial charge in [0.15, 0.2) is 0 Å². The maximum Gasteiger partial charge on any atom is 0.408 e. The molecular weight excluding hydrogens is 492 g/mol. The van der Waals surface area contributed by atoms with Gasteiger partial charge in [-0.05, 0) is 64.0 Å². The molecule has 1 aromatic rings. The summed E-state index contributed by atoms with van der Waals surface area (Å²) < 4.78 is 9.98. The molecule has 1 aliphatic heterocycles. The molecule has 1 saturated heterocycles. The first-order valence-electron chi connectivity index (χ1n) is 13.0. The van der Waals surface area contributed by atoms with Gasteiger partial charge in [0.05, 0.1) is 13.2 Å². The molecule has 2 aliphatic rings. The fourth-order valence-corrected chi connectivity index (χ4v) is 4.81. The molecule has 0 bridgehead atoms. The van der Waals surface area contributed by atoms with Crippen molar-refractivity contribution in [1.82, 2.24) is 20.9 Å². The van der Waals surface area contributed by atoms with E-state index in [0.717, 1.165) is 18.4 Å². The number of hydrogen-bond acceptors (Lipinski definition) is 7. The van der Waals surface area contributed by atoms with E-state index in [9.17, 15) is 24.0 Å². The molecule has 0 saturated carbocycles. The molecule has 1 aliphatic carbocycles. The lowest BCUT2D eigenvalue weighted by atomic mass is 10.1. The van der Waals surface area contributed by atoms with Gasteiger partial charge in [0.2, 0.25) is 17.7 Å². The molecule has 1 fully saturated rings. The van der Waals surface area contributed by atoms with Crippen LogP contribution in [0.4, 0.5) is 4.79 Å². The minimum atomic E-state index is -1.04. The third kappa shape index (κ3) is 7.93. The van der Waals surface area contributed by atoms with Crippen LogP contribution in [-0.4, -0.2) is 72.6 Å². The van der Waals surface area contributed by atoms with Gasteiger partial charge in [-0.3, -0.25) is 14.4 Å². The van der Waals surface area contributed by atoms with Crippen LogP contribution in [0, 0.1) is 0 Å². The van der Waals surface area contributed by atoms with Crippen LogP contribution in [-0.2, 0) is 35.1 Å². The van der Waals surface area contributed by atoms with Gasteiger partial charge in [-0.15, -0.1) is 0 Å². The van der Waals surface area contributed by atoms with Gasteiger partial charge in [-0.2, -0.15) is 0 Å². The summed E-state index contributed by atoms with van der Waals surface area (Å²) in [6, 6.07) is 6.07. The molecule has 3 N–H and O–H groups in total. The number of carbonyl (C=O) groups is 5.